The predicted molar refractivity (Wildman–Crippen MR) is 275 cm³/mol. The summed E-state index contributed by atoms with van der Waals surface area (Å²) in [4.78, 5) is 48.8. The first kappa shape index (κ1) is 67.0. The summed E-state index contributed by atoms with van der Waals surface area (Å²) in [6.07, 6.45) is 14.9. The van der Waals surface area contributed by atoms with Crippen LogP contribution in [0.2, 0.25) is 0 Å². The number of amides is 1. The van der Waals surface area contributed by atoms with Gasteiger partial charge in [-0.3, -0.25) is 23.4 Å². The van der Waals surface area contributed by atoms with Gasteiger partial charge in [0, 0.05) is 19.8 Å². The number of nitrogens with one attached hydrogen (secondary N) is 1. The minimum Gasteiger partial charge on any atom is -0.462 e. The lowest BCUT2D eigenvalue weighted by Crippen LogP contribution is -2.69. The molecule has 2 fully saturated rings. The SMILES string of the molecule is CCCCCCCC/C=C\CCCCCCCC(=O)OC(COC(=O)CCCCCCCCCCCCCCCCC)COP(=O)(O)O[C@@H]1[C@H](O)[C@H](O)[C@@H](O)[C@H](O)[C@H]1O[C@H]1O[C@H](CO)[C@@H](O)[C@H](O)[C@H]1NC(C)=O. The van der Waals surface area contributed by atoms with Gasteiger partial charge in [0.05, 0.1) is 13.2 Å². The Morgan fingerprint density at radius 1 is 0.575 bits per heavy atom. The van der Waals surface area contributed by atoms with Gasteiger partial charge in [0.1, 0.15) is 67.6 Å². The van der Waals surface area contributed by atoms with Crippen molar-refractivity contribution in [2.24, 2.45) is 0 Å². The van der Waals surface area contributed by atoms with Crippen LogP contribution in [0.15, 0.2) is 12.2 Å². The zero-order valence-electron chi connectivity index (χ0n) is 44.5. The summed E-state index contributed by atoms with van der Waals surface area (Å²) in [5, 5.41) is 76.4. The van der Waals surface area contributed by atoms with Gasteiger partial charge in [0.25, 0.3) is 0 Å². The first-order chi connectivity index (χ1) is 35.1. The molecule has 1 amide bonds. The van der Waals surface area contributed by atoms with Crippen molar-refractivity contribution in [3.05, 3.63) is 12.2 Å². The van der Waals surface area contributed by atoms with E-state index in [-0.39, 0.29) is 12.8 Å². The molecule has 1 aliphatic heterocycles. The monoisotopic (exact) mass is 1070 g/mol. The van der Waals surface area contributed by atoms with Crippen LogP contribution in [0.25, 0.3) is 0 Å². The maximum atomic E-state index is 13.6. The molecule has 0 aromatic heterocycles. The summed E-state index contributed by atoms with van der Waals surface area (Å²) >= 11 is 0. The molecule has 2 unspecified atom stereocenters. The Hall–Kier alpha value is -2.10. The number of ether oxygens (including phenoxy) is 4. The van der Waals surface area contributed by atoms with Crippen LogP contribution in [0.4, 0.5) is 0 Å². The van der Waals surface area contributed by atoms with Crippen molar-refractivity contribution in [2.45, 2.75) is 287 Å². The number of carbonyl (C=O) groups is 3. The van der Waals surface area contributed by atoms with Crippen molar-refractivity contribution in [3.8, 4) is 0 Å². The number of phosphoric acid groups is 1. The van der Waals surface area contributed by atoms with Crippen molar-refractivity contribution in [3.63, 3.8) is 0 Å². The van der Waals surface area contributed by atoms with Crippen LogP contribution in [-0.2, 0) is 46.9 Å². The van der Waals surface area contributed by atoms with E-state index in [0.717, 1.165) is 71.1 Å². The van der Waals surface area contributed by atoms with Crippen molar-refractivity contribution in [1.82, 2.24) is 5.32 Å². The van der Waals surface area contributed by atoms with Crippen molar-refractivity contribution in [1.29, 1.82) is 0 Å². The Balaban J connectivity index is 1.99. The van der Waals surface area contributed by atoms with E-state index in [1.165, 1.54) is 103 Å². The highest BCUT2D eigenvalue weighted by Gasteiger charge is 2.55. The van der Waals surface area contributed by atoms with E-state index in [4.69, 9.17) is 28.0 Å². The molecular weight excluding hydrogens is 970 g/mol. The number of aliphatic hydroxyl groups is 7. The first-order valence-electron chi connectivity index (χ1n) is 28.0. The second kappa shape index (κ2) is 40.2. The fourth-order valence-electron chi connectivity index (χ4n) is 9.16. The third kappa shape index (κ3) is 28.7. The standard InChI is InChI=1S/C53H98NO18P/c1-4-6-8-10-12-14-16-18-20-22-24-26-28-30-32-34-42(57)67-37-40(69-43(58)35-33-31-29-27-25-23-21-19-17-15-13-11-9-7-5-2)38-68-73(65,66)72-52-50(64)48(62)47(61)49(63)51(52)71-53-44(54-39(3)56)46(60)45(59)41(36-55)70-53/h19,21,40-41,44-53,55,59-64H,4-18,20,22-38H2,1-3H3,(H,54,56)(H,65,66)/b21-19-/t40?,41-,44-,45-,46-,47-,48-,49+,50-,51-,52-,53-/m1/s1. The van der Waals surface area contributed by atoms with Gasteiger partial charge in [-0.15, -0.1) is 0 Å². The highest BCUT2D eigenvalue weighted by Crippen LogP contribution is 2.48. The molecule has 9 N–H and O–H groups in total. The third-order valence-electron chi connectivity index (χ3n) is 13.6. The van der Waals surface area contributed by atoms with E-state index in [0.29, 0.717) is 12.8 Å². The van der Waals surface area contributed by atoms with Crippen LogP contribution in [0.3, 0.4) is 0 Å². The van der Waals surface area contributed by atoms with Crippen molar-refractivity contribution < 1.29 is 87.6 Å². The van der Waals surface area contributed by atoms with Gasteiger partial charge in [-0.25, -0.2) is 4.57 Å². The average Bonchev–Trinajstić information content (AvgIpc) is 3.36. The molecule has 13 atom stereocenters. The molecule has 0 spiro atoms. The van der Waals surface area contributed by atoms with Gasteiger partial charge < -0.3 is 64.9 Å². The van der Waals surface area contributed by atoms with Crippen LogP contribution in [0.5, 0.6) is 0 Å². The summed E-state index contributed by atoms with van der Waals surface area (Å²) in [5.41, 5.74) is 0. The average molecular weight is 1070 g/mol. The van der Waals surface area contributed by atoms with E-state index >= 15 is 0 Å². The molecule has 0 bridgehead atoms. The highest BCUT2D eigenvalue weighted by atomic mass is 31.2. The molecule has 0 aromatic rings. The molecule has 2 aliphatic rings. The molecule has 20 heteroatoms. The number of esters is 2. The second-order valence-electron chi connectivity index (χ2n) is 20.2. The molecule has 19 nitrogen and oxygen atoms in total. The molecule has 0 aromatic carbocycles. The number of hydrogen-bond donors (Lipinski definition) is 9. The molecule has 73 heavy (non-hydrogen) atoms. The number of allylic oxidation sites excluding steroid dienone is 2. The minimum absolute atomic E-state index is 0.0198. The zero-order chi connectivity index (χ0) is 53.9. The third-order valence-corrected chi connectivity index (χ3v) is 14.6. The Labute approximate surface area is 436 Å². The highest BCUT2D eigenvalue weighted by molar-refractivity contribution is 7.47. The molecule has 1 aliphatic carbocycles. The normalized spacial score (nSPS) is 26.6. The minimum atomic E-state index is -5.40. The smallest absolute Gasteiger partial charge is 0.462 e. The molecular formula is C53H98NO18P. The molecule has 428 valence electrons. The van der Waals surface area contributed by atoms with Crippen LogP contribution >= 0.6 is 7.82 Å². The van der Waals surface area contributed by atoms with Crippen molar-refractivity contribution >= 4 is 25.7 Å². The van der Waals surface area contributed by atoms with Gasteiger partial charge in [-0.05, 0) is 38.5 Å². The molecule has 2 rings (SSSR count). The second-order valence-corrected chi connectivity index (χ2v) is 21.6. The summed E-state index contributed by atoms with van der Waals surface area (Å²) in [5.74, 6) is -1.95. The molecule has 1 saturated heterocycles. The van der Waals surface area contributed by atoms with Crippen LogP contribution < -0.4 is 5.32 Å². The van der Waals surface area contributed by atoms with Crippen LogP contribution in [-0.4, -0.2) is 152 Å². The number of hydrogen-bond acceptors (Lipinski definition) is 17. The van der Waals surface area contributed by atoms with Crippen LogP contribution in [0.1, 0.15) is 213 Å². The van der Waals surface area contributed by atoms with E-state index in [2.05, 4.69) is 31.3 Å². The Bertz CT molecular complexity index is 1530. The van der Waals surface area contributed by atoms with Gasteiger partial charge in [0.15, 0.2) is 12.4 Å². The lowest BCUT2D eigenvalue weighted by molar-refractivity contribution is -0.317. The van der Waals surface area contributed by atoms with Gasteiger partial charge in [-0.1, -0.05) is 167 Å². The lowest BCUT2D eigenvalue weighted by Gasteiger charge is -2.48. The molecule has 1 saturated carbocycles. The van der Waals surface area contributed by atoms with E-state index in [9.17, 15) is 59.6 Å². The summed E-state index contributed by atoms with van der Waals surface area (Å²) < 4.78 is 46.3. The number of aliphatic hydroxyl groups excluding tert-OH is 7. The largest absolute Gasteiger partial charge is 0.472 e. The van der Waals surface area contributed by atoms with E-state index in [1.54, 1.807) is 0 Å². The fourth-order valence-corrected chi connectivity index (χ4v) is 10.1. The van der Waals surface area contributed by atoms with E-state index in [1.807, 2.05) is 0 Å². The van der Waals surface area contributed by atoms with Gasteiger partial charge >= 0.3 is 19.8 Å². The molecule has 1 heterocycles. The quantitative estimate of drug-likeness (QED) is 0.0128. The Morgan fingerprint density at radius 2 is 1.01 bits per heavy atom. The zero-order valence-corrected chi connectivity index (χ0v) is 45.4. The number of rotatable bonds is 43. The lowest BCUT2D eigenvalue weighted by atomic mass is 9.84. The van der Waals surface area contributed by atoms with Crippen molar-refractivity contribution in [2.75, 3.05) is 19.8 Å². The van der Waals surface area contributed by atoms with Gasteiger partial charge in [-0.2, -0.15) is 0 Å². The number of carbonyl (C=O) groups excluding carboxylic acids is 3. The fraction of sp³-hybridized carbons (Fsp3) is 0.906. The van der Waals surface area contributed by atoms with Crippen LogP contribution in [0, 0.1) is 0 Å². The summed E-state index contributed by atoms with van der Waals surface area (Å²) in [6.45, 7) is 3.30. The number of unbranched alkanes of at least 4 members (excludes halogenated alkanes) is 25. The first-order valence-corrected chi connectivity index (χ1v) is 29.5. The maximum absolute atomic E-state index is 13.6. The summed E-state index contributed by atoms with van der Waals surface area (Å²) in [6, 6.07) is -1.58. The topological polar surface area (TPSA) is 298 Å². The molecule has 0 radical (unpaired) electrons. The van der Waals surface area contributed by atoms with Gasteiger partial charge in [0.2, 0.25) is 5.91 Å². The van der Waals surface area contributed by atoms with E-state index < -0.39 is 119 Å². The number of phosphoric ester groups is 1. The Morgan fingerprint density at radius 3 is 1.48 bits per heavy atom. The maximum Gasteiger partial charge on any atom is 0.472 e. The predicted octanol–water partition coefficient (Wildman–Crippen LogP) is 7.03. The summed E-state index contributed by atoms with van der Waals surface area (Å²) in [7, 11) is -5.40. The Kier molecular flexibility index (Phi) is 36.9.